The van der Waals surface area contributed by atoms with Gasteiger partial charge in [0.15, 0.2) is 0 Å². The van der Waals surface area contributed by atoms with Gasteiger partial charge in [-0.25, -0.2) is 0 Å². The molecule has 2 aliphatic rings. The summed E-state index contributed by atoms with van der Waals surface area (Å²) in [5.74, 6) is 0. The molecule has 0 radical (unpaired) electrons. The Morgan fingerprint density at radius 3 is 2.15 bits per heavy atom. The molecular formula is C27H31N3OS2. The third kappa shape index (κ3) is 5.75. The lowest BCUT2D eigenvalue weighted by atomic mass is 10.1. The summed E-state index contributed by atoms with van der Waals surface area (Å²) in [5, 5.41) is 16.3. The SMILES string of the molecule is CC(C)(C)Sc1ccc2c(c1)/C(=N/O)c1cc(S)ccc1-2.c1ccc(N2CCNCC2)cc1. The fourth-order valence-corrected chi connectivity index (χ4v) is 5.37. The second kappa shape index (κ2) is 10.2. The summed E-state index contributed by atoms with van der Waals surface area (Å²) in [6.45, 7) is 11.0. The summed E-state index contributed by atoms with van der Waals surface area (Å²) in [6, 6.07) is 22.9. The molecule has 172 valence electrons. The van der Waals surface area contributed by atoms with Crippen LogP contribution in [0.25, 0.3) is 11.1 Å². The average Bonchev–Trinajstić information content (AvgIpc) is 3.11. The van der Waals surface area contributed by atoms with Gasteiger partial charge in [0.2, 0.25) is 0 Å². The normalized spacial score (nSPS) is 16.1. The van der Waals surface area contributed by atoms with Crippen LogP contribution in [0.15, 0.2) is 81.7 Å². The number of thiol groups is 1. The largest absolute Gasteiger partial charge is 0.410 e. The van der Waals surface area contributed by atoms with Crippen molar-refractivity contribution >= 4 is 35.8 Å². The average molecular weight is 478 g/mol. The van der Waals surface area contributed by atoms with Gasteiger partial charge >= 0.3 is 0 Å². The van der Waals surface area contributed by atoms with Crippen molar-refractivity contribution in [1.29, 1.82) is 0 Å². The molecular weight excluding hydrogens is 446 g/mol. The van der Waals surface area contributed by atoms with Gasteiger partial charge in [-0.15, -0.1) is 24.4 Å². The number of nitrogens with zero attached hydrogens (tertiary/aromatic N) is 2. The molecule has 4 nitrogen and oxygen atoms in total. The van der Waals surface area contributed by atoms with Crippen LogP contribution in [-0.2, 0) is 0 Å². The molecule has 1 fully saturated rings. The van der Waals surface area contributed by atoms with Crippen LogP contribution in [0.2, 0.25) is 0 Å². The van der Waals surface area contributed by atoms with Gasteiger partial charge in [0, 0.05) is 57.5 Å². The Labute approximate surface area is 206 Å². The van der Waals surface area contributed by atoms with E-state index >= 15 is 0 Å². The van der Waals surface area contributed by atoms with Gasteiger partial charge in [-0.05, 0) is 47.5 Å². The first-order valence-electron chi connectivity index (χ1n) is 11.3. The predicted molar refractivity (Wildman–Crippen MR) is 144 cm³/mol. The van der Waals surface area contributed by atoms with E-state index in [2.05, 4.69) is 97.3 Å². The Hall–Kier alpha value is -2.41. The van der Waals surface area contributed by atoms with Gasteiger partial charge in [0.05, 0.1) is 0 Å². The van der Waals surface area contributed by atoms with Crippen LogP contribution in [0.1, 0.15) is 31.9 Å². The van der Waals surface area contributed by atoms with E-state index in [0.717, 1.165) is 53.3 Å². The van der Waals surface area contributed by atoms with E-state index in [0.29, 0.717) is 5.71 Å². The van der Waals surface area contributed by atoms with E-state index in [-0.39, 0.29) is 4.75 Å². The maximum absolute atomic E-state index is 9.43. The fourth-order valence-electron chi connectivity index (χ4n) is 4.15. The molecule has 0 amide bonds. The van der Waals surface area contributed by atoms with E-state index < -0.39 is 0 Å². The van der Waals surface area contributed by atoms with Crippen LogP contribution in [0.3, 0.4) is 0 Å². The third-order valence-corrected chi connectivity index (χ3v) is 6.94. The monoisotopic (exact) mass is 477 g/mol. The van der Waals surface area contributed by atoms with Gasteiger partial charge in [-0.2, -0.15) is 0 Å². The minimum atomic E-state index is 0.147. The summed E-state index contributed by atoms with van der Waals surface area (Å²) in [5.41, 5.74) is 6.12. The zero-order valence-corrected chi connectivity index (χ0v) is 21.1. The van der Waals surface area contributed by atoms with Crippen LogP contribution >= 0.6 is 24.4 Å². The molecule has 0 aromatic heterocycles. The molecule has 2 N–H and O–H groups in total. The maximum Gasteiger partial charge on any atom is 0.118 e. The second-order valence-electron chi connectivity index (χ2n) is 9.17. The van der Waals surface area contributed by atoms with Crippen molar-refractivity contribution in [1.82, 2.24) is 5.32 Å². The minimum absolute atomic E-state index is 0.147. The minimum Gasteiger partial charge on any atom is -0.410 e. The zero-order chi connectivity index (χ0) is 23.4. The molecule has 0 saturated carbocycles. The Morgan fingerprint density at radius 2 is 1.52 bits per heavy atom. The lowest BCUT2D eigenvalue weighted by Gasteiger charge is -2.29. The molecule has 0 unspecified atom stereocenters. The number of piperazine rings is 1. The standard InChI is InChI=1S/C17H17NOS2.C10H14N2/c1-17(2,3)21-11-5-7-13-12-6-4-10(20)8-14(12)16(18-19)15(13)9-11;1-2-4-10(5-3-1)12-8-6-11-7-9-12/h4-9,19-20H,1-3H3;1-5,11H,6-9H2/b18-16+;. The van der Waals surface area contributed by atoms with Crippen molar-refractivity contribution in [2.24, 2.45) is 5.16 Å². The summed E-state index contributed by atoms with van der Waals surface area (Å²) in [6.07, 6.45) is 0. The van der Waals surface area contributed by atoms with E-state index in [1.54, 1.807) is 0 Å². The predicted octanol–water partition coefficient (Wildman–Crippen LogP) is 6.17. The quantitative estimate of drug-likeness (QED) is 0.140. The Morgan fingerprint density at radius 1 is 0.879 bits per heavy atom. The van der Waals surface area contributed by atoms with Crippen LogP contribution in [0, 0.1) is 0 Å². The van der Waals surface area contributed by atoms with Gasteiger partial charge < -0.3 is 15.4 Å². The van der Waals surface area contributed by atoms with Crippen molar-refractivity contribution in [3.8, 4) is 11.1 Å². The number of thioether (sulfide) groups is 1. The molecule has 0 bridgehead atoms. The van der Waals surface area contributed by atoms with E-state index in [4.69, 9.17) is 0 Å². The molecule has 1 aliphatic carbocycles. The summed E-state index contributed by atoms with van der Waals surface area (Å²) in [7, 11) is 0. The Balaban J connectivity index is 0.000000183. The van der Waals surface area contributed by atoms with Gasteiger partial charge in [0.1, 0.15) is 5.71 Å². The molecule has 0 spiro atoms. The number of benzene rings is 3. The topological polar surface area (TPSA) is 47.9 Å². The number of nitrogens with one attached hydrogen (secondary N) is 1. The Kier molecular flexibility index (Phi) is 7.37. The molecule has 3 aromatic carbocycles. The molecule has 33 heavy (non-hydrogen) atoms. The van der Waals surface area contributed by atoms with Crippen LogP contribution in [-0.4, -0.2) is 41.8 Å². The van der Waals surface area contributed by atoms with Gasteiger partial charge in [-0.3, -0.25) is 0 Å². The highest BCUT2D eigenvalue weighted by Crippen LogP contribution is 2.41. The number of rotatable bonds is 2. The third-order valence-electron chi connectivity index (χ3n) is 5.56. The van der Waals surface area contributed by atoms with Crippen molar-refractivity contribution in [3.63, 3.8) is 0 Å². The highest BCUT2D eigenvalue weighted by atomic mass is 32.2. The van der Waals surface area contributed by atoms with Crippen molar-refractivity contribution < 1.29 is 5.21 Å². The fraction of sp³-hybridized carbons (Fsp3) is 0.296. The number of para-hydroxylation sites is 1. The van der Waals surface area contributed by atoms with Crippen molar-refractivity contribution in [2.75, 3.05) is 31.1 Å². The number of oxime groups is 1. The smallest absolute Gasteiger partial charge is 0.118 e. The molecule has 3 aromatic rings. The number of fused-ring (bicyclic) bond motifs is 3. The van der Waals surface area contributed by atoms with Crippen molar-refractivity contribution in [3.05, 3.63) is 77.9 Å². The van der Waals surface area contributed by atoms with Gasteiger partial charge in [-0.1, -0.05) is 56.3 Å². The highest BCUT2D eigenvalue weighted by Gasteiger charge is 2.26. The van der Waals surface area contributed by atoms with Gasteiger partial charge in [0.25, 0.3) is 0 Å². The van der Waals surface area contributed by atoms with Crippen LogP contribution in [0.5, 0.6) is 0 Å². The molecule has 1 heterocycles. The number of hydrogen-bond donors (Lipinski definition) is 3. The molecule has 1 saturated heterocycles. The van der Waals surface area contributed by atoms with Crippen LogP contribution in [0.4, 0.5) is 5.69 Å². The van der Waals surface area contributed by atoms with Crippen LogP contribution < -0.4 is 10.2 Å². The summed E-state index contributed by atoms with van der Waals surface area (Å²) >= 11 is 6.19. The zero-order valence-electron chi connectivity index (χ0n) is 19.4. The first-order chi connectivity index (χ1) is 15.9. The van der Waals surface area contributed by atoms with E-state index in [1.165, 1.54) is 10.6 Å². The second-order valence-corrected chi connectivity index (χ2v) is 11.6. The lowest BCUT2D eigenvalue weighted by molar-refractivity contribution is 0.320. The number of anilines is 1. The van der Waals surface area contributed by atoms with Crippen molar-refractivity contribution in [2.45, 2.75) is 35.3 Å². The summed E-state index contributed by atoms with van der Waals surface area (Å²) < 4.78 is 0.147. The van der Waals surface area contributed by atoms with E-state index in [9.17, 15) is 5.21 Å². The molecule has 6 heteroatoms. The maximum atomic E-state index is 9.43. The Bertz CT molecular complexity index is 1130. The lowest BCUT2D eigenvalue weighted by Crippen LogP contribution is -2.43. The molecule has 5 rings (SSSR count). The first-order valence-corrected chi connectivity index (χ1v) is 12.5. The molecule has 0 atom stereocenters. The highest BCUT2D eigenvalue weighted by molar-refractivity contribution is 8.00. The van der Waals surface area contributed by atoms with E-state index in [1.807, 2.05) is 30.0 Å². The number of hydrogen-bond acceptors (Lipinski definition) is 6. The first kappa shape index (κ1) is 23.7. The summed E-state index contributed by atoms with van der Waals surface area (Å²) in [4.78, 5) is 4.46. The molecule has 1 aliphatic heterocycles.